The molecule has 1 unspecified atom stereocenters. The van der Waals surface area contributed by atoms with Crippen LogP contribution in [-0.4, -0.2) is 49.1 Å². The molecular formula is C16H18O6. The number of carbonyl (C=O) groups excluding carboxylic acids is 1. The lowest BCUT2D eigenvalue weighted by atomic mass is 10.1. The Morgan fingerprint density at radius 2 is 1.91 bits per heavy atom. The first-order chi connectivity index (χ1) is 10.5. The molecule has 0 saturated carbocycles. The molecule has 0 N–H and O–H groups in total. The first kappa shape index (κ1) is 14.1. The molecule has 118 valence electrons. The van der Waals surface area contributed by atoms with Gasteiger partial charge in [-0.25, -0.2) is 4.79 Å². The zero-order chi connectivity index (χ0) is 15.3. The second-order valence-corrected chi connectivity index (χ2v) is 6.18. The van der Waals surface area contributed by atoms with E-state index in [1.54, 1.807) is 24.3 Å². The maximum atomic E-state index is 12.1. The summed E-state index contributed by atoms with van der Waals surface area (Å²) in [6, 6.07) is 8.88. The van der Waals surface area contributed by atoms with E-state index in [4.69, 9.17) is 23.7 Å². The van der Waals surface area contributed by atoms with Gasteiger partial charge < -0.3 is 23.7 Å². The zero-order valence-electron chi connectivity index (χ0n) is 12.4. The van der Waals surface area contributed by atoms with Crippen LogP contribution in [0.15, 0.2) is 30.3 Å². The minimum atomic E-state index is -0.678. The Kier molecular flexibility index (Phi) is 3.23. The third kappa shape index (κ3) is 2.32. The Bertz CT molecular complexity index is 571. The molecule has 3 fully saturated rings. The maximum absolute atomic E-state index is 12.1. The van der Waals surface area contributed by atoms with Crippen LogP contribution in [0.3, 0.4) is 0 Å². The normalized spacial score (nSPS) is 38.5. The average Bonchev–Trinajstić information content (AvgIpc) is 3.10. The van der Waals surface area contributed by atoms with E-state index in [-0.39, 0.29) is 24.3 Å². The maximum Gasteiger partial charge on any atom is 0.338 e. The van der Waals surface area contributed by atoms with E-state index in [2.05, 4.69) is 0 Å². The topological polar surface area (TPSA) is 63.2 Å². The number of hydrogen-bond acceptors (Lipinski definition) is 6. The Labute approximate surface area is 128 Å². The van der Waals surface area contributed by atoms with Crippen LogP contribution in [0.4, 0.5) is 0 Å². The Hall–Kier alpha value is -1.47. The van der Waals surface area contributed by atoms with Crippen LogP contribution < -0.4 is 0 Å². The van der Waals surface area contributed by atoms with Gasteiger partial charge in [0.05, 0.1) is 12.2 Å². The van der Waals surface area contributed by atoms with Crippen molar-refractivity contribution in [3.05, 3.63) is 35.9 Å². The second-order valence-electron chi connectivity index (χ2n) is 6.18. The van der Waals surface area contributed by atoms with E-state index in [1.807, 2.05) is 19.9 Å². The number of rotatable bonds is 2. The van der Waals surface area contributed by atoms with Gasteiger partial charge in [0.2, 0.25) is 0 Å². The lowest BCUT2D eigenvalue weighted by molar-refractivity contribution is -0.214. The molecule has 3 saturated heterocycles. The van der Waals surface area contributed by atoms with Gasteiger partial charge in [0, 0.05) is 0 Å². The van der Waals surface area contributed by atoms with Crippen molar-refractivity contribution in [1.29, 1.82) is 0 Å². The molecule has 4 rings (SSSR count). The minimum Gasteiger partial charge on any atom is -0.453 e. The van der Waals surface area contributed by atoms with Gasteiger partial charge in [0.25, 0.3) is 0 Å². The lowest BCUT2D eigenvalue weighted by Gasteiger charge is -2.22. The molecule has 22 heavy (non-hydrogen) atoms. The smallest absolute Gasteiger partial charge is 0.338 e. The van der Waals surface area contributed by atoms with Crippen molar-refractivity contribution in [2.75, 3.05) is 6.61 Å². The van der Waals surface area contributed by atoms with Crippen LogP contribution in [0.1, 0.15) is 24.2 Å². The lowest BCUT2D eigenvalue weighted by Crippen LogP contribution is -2.37. The largest absolute Gasteiger partial charge is 0.453 e. The number of benzene rings is 1. The molecule has 6 nitrogen and oxygen atoms in total. The summed E-state index contributed by atoms with van der Waals surface area (Å²) in [4.78, 5) is 12.1. The van der Waals surface area contributed by atoms with E-state index in [0.717, 1.165) is 0 Å². The van der Waals surface area contributed by atoms with Crippen molar-refractivity contribution in [2.24, 2.45) is 0 Å². The number of carbonyl (C=O) groups is 1. The molecule has 0 aromatic heterocycles. The van der Waals surface area contributed by atoms with Crippen molar-refractivity contribution in [3.8, 4) is 0 Å². The van der Waals surface area contributed by atoms with Gasteiger partial charge in [-0.15, -0.1) is 0 Å². The van der Waals surface area contributed by atoms with Crippen molar-refractivity contribution < 1.29 is 28.5 Å². The summed E-state index contributed by atoms with van der Waals surface area (Å²) in [7, 11) is 0. The summed E-state index contributed by atoms with van der Waals surface area (Å²) in [5.74, 6) is -1.06. The highest BCUT2D eigenvalue weighted by molar-refractivity contribution is 5.89. The highest BCUT2D eigenvalue weighted by atomic mass is 16.8. The fraction of sp³-hybridized carbons (Fsp3) is 0.562. The van der Waals surface area contributed by atoms with Crippen LogP contribution in [0.5, 0.6) is 0 Å². The van der Waals surface area contributed by atoms with E-state index in [1.165, 1.54) is 0 Å². The first-order valence-corrected chi connectivity index (χ1v) is 7.42. The molecule has 0 aliphatic carbocycles. The van der Waals surface area contributed by atoms with E-state index >= 15 is 0 Å². The third-order valence-electron chi connectivity index (χ3n) is 4.11. The van der Waals surface area contributed by atoms with Gasteiger partial charge >= 0.3 is 5.97 Å². The van der Waals surface area contributed by atoms with E-state index in [9.17, 15) is 4.79 Å². The minimum absolute atomic E-state index is 0.264. The first-order valence-electron chi connectivity index (χ1n) is 7.42. The van der Waals surface area contributed by atoms with Gasteiger partial charge in [0.15, 0.2) is 18.2 Å². The van der Waals surface area contributed by atoms with E-state index < -0.39 is 18.2 Å². The summed E-state index contributed by atoms with van der Waals surface area (Å²) in [5, 5.41) is 0. The summed E-state index contributed by atoms with van der Waals surface area (Å²) < 4.78 is 28.6. The fourth-order valence-electron chi connectivity index (χ4n) is 3.17. The molecule has 6 heteroatoms. The highest BCUT2D eigenvalue weighted by Gasteiger charge is 2.60. The molecule has 0 spiro atoms. The van der Waals surface area contributed by atoms with Gasteiger partial charge in [-0.05, 0) is 26.0 Å². The van der Waals surface area contributed by atoms with Crippen molar-refractivity contribution in [3.63, 3.8) is 0 Å². The van der Waals surface area contributed by atoms with Crippen LogP contribution in [-0.2, 0) is 23.7 Å². The van der Waals surface area contributed by atoms with Gasteiger partial charge in [0.1, 0.15) is 18.3 Å². The molecule has 5 atom stereocenters. The molecule has 0 radical (unpaired) electrons. The SMILES string of the molecule is CC1(C)O[C@H]2O[C@@H]3C(OC(=O)c4ccccc4)CO[C@@H]3[C@H]2O1. The molecule has 3 heterocycles. The molecular weight excluding hydrogens is 288 g/mol. The zero-order valence-corrected chi connectivity index (χ0v) is 12.4. The third-order valence-corrected chi connectivity index (χ3v) is 4.11. The summed E-state index contributed by atoms with van der Waals surface area (Å²) in [6.45, 7) is 3.98. The number of hydrogen-bond donors (Lipinski definition) is 0. The fourth-order valence-corrected chi connectivity index (χ4v) is 3.17. The van der Waals surface area contributed by atoms with E-state index in [0.29, 0.717) is 12.2 Å². The van der Waals surface area contributed by atoms with Crippen LogP contribution in [0.2, 0.25) is 0 Å². The summed E-state index contributed by atoms with van der Waals surface area (Å²) >= 11 is 0. The monoisotopic (exact) mass is 306 g/mol. The predicted octanol–water partition coefficient (Wildman–Crippen LogP) is 1.49. The molecule has 1 aromatic rings. The Morgan fingerprint density at radius 1 is 1.14 bits per heavy atom. The number of fused-ring (bicyclic) bond motifs is 3. The van der Waals surface area contributed by atoms with Gasteiger partial charge in [-0.1, -0.05) is 18.2 Å². The highest BCUT2D eigenvalue weighted by Crippen LogP contribution is 2.42. The van der Waals surface area contributed by atoms with Crippen molar-refractivity contribution in [2.45, 2.75) is 50.3 Å². The molecule has 1 aromatic carbocycles. The van der Waals surface area contributed by atoms with Gasteiger partial charge in [-0.2, -0.15) is 0 Å². The summed E-state index contributed by atoms with van der Waals surface area (Å²) in [5.41, 5.74) is 0.512. The van der Waals surface area contributed by atoms with Gasteiger partial charge in [-0.3, -0.25) is 0 Å². The Balaban J connectivity index is 1.43. The molecule has 3 aliphatic rings. The second kappa shape index (κ2) is 5.03. The predicted molar refractivity (Wildman–Crippen MR) is 74.1 cm³/mol. The van der Waals surface area contributed by atoms with Crippen LogP contribution >= 0.6 is 0 Å². The van der Waals surface area contributed by atoms with Crippen LogP contribution in [0, 0.1) is 0 Å². The average molecular weight is 306 g/mol. The number of esters is 1. The Morgan fingerprint density at radius 3 is 2.68 bits per heavy atom. The van der Waals surface area contributed by atoms with Crippen LogP contribution in [0.25, 0.3) is 0 Å². The molecule has 0 bridgehead atoms. The number of ether oxygens (including phenoxy) is 5. The quantitative estimate of drug-likeness (QED) is 0.771. The molecule has 3 aliphatic heterocycles. The summed E-state index contributed by atoms with van der Waals surface area (Å²) in [6.07, 6.45) is -1.80. The standard InChI is InChI=1S/C16H18O6/c1-16(2)21-13-12-11(20-15(13)22-16)10(8-18-12)19-14(17)9-6-4-3-5-7-9/h3-7,10-13,15H,8H2,1-2H3/t10?,11-,12+,13-,15-/m1/s1. The van der Waals surface area contributed by atoms with Crippen molar-refractivity contribution >= 4 is 5.97 Å². The van der Waals surface area contributed by atoms with Crippen molar-refractivity contribution in [1.82, 2.24) is 0 Å². The molecule has 0 amide bonds.